The lowest BCUT2D eigenvalue weighted by Crippen LogP contribution is -2.23. The van der Waals surface area contributed by atoms with Gasteiger partial charge in [-0.15, -0.1) is 0 Å². The fraction of sp³-hybridized carbons (Fsp3) is 0.294. The number of halogens is 2. The summed E-state index contributed by atoms with van der Waals surface area (Å²) in [4.78, 5) is 2.28. The van der Waals surface area contributed by atoms with Crippen LogP contribution in [0.4, 0.5) is 0 Å². The Morgan fingerprint density at radius 2 is 1.90 bits per heavy atom. The molecule has 1 unspecified atom stereocenters. The second-order valence-corrected chi connectivity index (χ2v) is 6.61. The second kappa shape index (κ2) is 7.95. The minimum atomic E-state index is -0.0381. The van der Waals surface area contributed by atoms with Crippen LogP contribution in [0.5, 0.6) is 0 Å². The predicted molar refractivity (Wildman–Crippen MR) is 93.5 cm³/mol. The molecular weight excluding hydrogens is 348 g/mol. The van der Waals surface area contributed by atoms with Gasteiger partial charge in [0.15, 0.2) is 0 Å². The summed E-state index contributed by atoms with van der Waals surface area (Å²) < 4.78 is 0.977. The molecule has 0 aliphatic rings. The van der Waals surface area contributed by atoms with Crippen molar-refractivity contribution in [3.05, 3.63) is 69.2 Å². The van der Waals surface area contributed by atoms with Gasteiger partial charge in [0.05, 0.1) is 0 Å². The SMILES string of the molecule is CN(CCC(N)c1ccc(Br)cc1Cl)Cc1ccccc1. The third-order valence-electron chi connectivity index (χ3n) is 3.48. The van der Waals surface area contributed by atoms with Crippen molar-refractivity contribution in [1.82, 2.24) is 4.90 Å². The van der Waals surface area contributed by atoms with Gasteiger partial charge in [0, 0.05) is 22.1 Å². The van der Waals surface area contributed by atoms with Gasteiger partial charge in [-0.1, -0.05) is 63.9 Å². The third kappa shape index (κ3) is 5.11. The quantitative estimate of drug-likeness (QED) is 0.807. The highest BCUT2D eigenvalue weighted by Crippen LogP contribution is 2.27. The maximum Gasteiger partial charge on any atom is 0.0464 e. The first kappa shape index (κ1) is 16.5. The van der Waals surface area contributed by atoms with E-state index in [4.69, 9.17) is 17.3 Å². The summed E-state index contributed by atoms with van der Waals surface area (Å²) >= 11 is 9.66. The van der Waals surface area contributed by atoms with Crippen LogP contribution in [0.15, 0.2) is 53.0 Å². The van der Waals surface area contributed by atoms with Crippen LogP contribution in [0.1, 0.15) is 23.6 Å². The van der Waals surface area contributed by atoms with E-state index < -0.39 is 0 Å². The van der Waals surface area contributed by atoms with E-state index in [2.05, 4.69) is 52.1 Å². The first-order valence-electron chi connectivity index (χ1n) is 6.99. The minimum absolute atomic E-state index is 0.0381. The molecule has 0 bridgehead atoms. The van der Waals surface area contributed by atoms with Gasteiger partial charge in [-0.05, 0) is 43.3 Å². The van der Waals surface area contributed by atoms with Gasteiger partial charge in [-0.3, -0.25) is 0 Å². The summed E-state index contributed by atoms with van der Waals surface area (Å²) in [6, 6.07) is 16.3. The zero-order chi connectivity index (χ0) is 15.2. The van der Waals surface area contributed by atoms with E-state index in [-0.39, 0.29) is 6.04 Å². The minimum Gasteiger partial charge on any atom is -0.324 e. The highest BCUT2D eigenvalue weighted by atomic mass is 79.9. The monoisotopic (exact) mass is 366 g/mol. The second-order valence-electron chi connectivity index (χ2n) is 5.28. The van der Waals surface area contributed by atoms with Crippen LogP contribution in [0.2, 0.25) is 5.02 Å². The summed E-state index contributed by atoms with van der Waals surface area (Å²) in [6.45, 7) is 1.87. The maximum atomic E-state index is 6.26. The molecule has 0 aliphatic heterocycles. The predicted octanol–water partition coefficient (Wildman–Crippen LogP) is 4.62. The van der Waals surface area contributed by atoms with E-state index in [1.165, 1.54) is 5.56 Å². The van der Waals surface area contributed by atoms with E-state index in [0.29, 0.717) is 0 Å². The van der Waals surface area contributed by atoms with Gasteiger partial charge < -0.3 is 10.6 Å². The first-order chi connectivity index (χ1) is 10.1. The molecule has 0 aromatic heterocycles. The highest BCUT2D eigenvalue weighted by Gasteiger charge is 2.11. The van der Waals surface area contributed by atoms with E-state index in [1.54, 1.807) is 0 Å². The molecule has 2 aromatic rings. The van der Waals surface area contributed by atoms with Crippen LogP contribution in [-0.4, -0.2) is 18.5 Å². The van der Waals surface area contributed by atoms with Crippen LogP contribution < -0.4 is 5.73 Å². The average molecular weight is 368 g/mol. The normalized spacial score (nSPS) is 12.6. The Balaban J connectivity index is 1.87. The van der Waals surface area contributed by atoms with E-state index in [1.807, 2.05) is 24.3 Å². The zero-order valence-electron chi connectivity index (χ0n) is 12.1. The van der Waals surface area contributed by atoms with Gasteiger partial charge in [-0.2, -0.15) is 0 Å². The molecule has 2 rings (SSSR count). The molecule has 21 heavy (non-hydrogen) atoms. The van der Waals surface area contributed by atoms with Gasteiger partial charge in [0.2, 0.25) is 0 Å². The van der Waals surface area contributed by atoms with Crippen LogP contribution in [0.3, 0.4) is 0 Å². The fourth-order valence-electron chi connectivity index (χ4n) is 2.29. The molecule has 4 heteroatoms. The first-order valence-corrected chi connectivity index (χ1v) is 8.16. The number of nitrogens with two attached hydrogens (primary N) is 1. The summed E-state index contributed by atoms with van der Waals surface area (Å²) in [5.74, 6) is 0. The Bertz CT molecular complexity index is 574. The Kier molecular flexibility index (Phi) is 6.24. The Labute approximate surface area is 140 Å². The zero-order valence-corrected chi connectivity index (χ0v) is 14.4. The van der Waals surface area contributed by atoms with E-state index in [0.717, 1.165) is 34.6 Å². The summed E-state index contributed by atoms with van der Waals surface area (Å²) in [7, 11) is 2.11. The molecule has 0 saturated carbocycles. The van der Waals surface area contributed by atoms with Crippen molar-refractivity contribution < 1.29 is 0 Å². The Morgan fingerprint density at radius 3 is 2.57 bits per heavy atom. The summed E-state index contributed by atoms with van der Waals surface area (Å²) in [5, 5.41) is 0.725. The van der Waals surface area contributed by atoms with Crippen molar-refractivity contribution in [2.45, 2.75) is 19.0 Å². The fourth-order valence-corrected chi connectivity index (χ4v) is 3.10. The lowest BCUT2D eigenvalue weighted by Gasteiger charge is -2.20. The number of benzene rings is 2. The average Bonchev–Trinajstić information content (AvgIpc) is 2.46. The van der Waals surface area contributed by atoms with Crippen molar-refractivity contribution in [2.75, 3.05) is 13.6 Å². The lowest BCUT2D eigenvalue weighted by molar-refractivity contribution is 0.311. The molecule has 2 aromatic carbocycles. The molecule has 0 radical (unpaired) electrons. The smallest absolute Gasteiger partial charge is 0.0464 e. The van der Waals surface area contributed by atoms with Crippen LogP contribution in [0.25, 0.3) is 0 Å². The molecule has 0 saturated heterocycles. The Morgan fingerprint density at radius 1 is 1.19 bits per heavy atom. The summed E-state index contributed by atoms with van der Waals surface area (Å²) in [5.41, 5.74) is 8.58. The van der Waals surface area contributed by atoms with Crippen molar-refractivity contribution in [2.24, 2.45) is 5.73 Å². The topological polar surface area (TPSA) is 29.3 Å². The number of nitrogens with zero attached hydrogens (tertiary/aromatic N) is 1. The molecule has 0 fully saturated rings. The molecule has 112 valence electrons. The molecule has 0 amide bonds. The van der Waals surface area contributed by atoms with Crippen molar-refractivity contribution in [3.8, 4) is 0 Å². The maximum absolute atomic E-state index is 6.26. The molecular formula is C17H20BrClN2. The molecule has 0 aliphatic carbocycles. The largest absolute Gasteiger partial charge is 0.324 e. The molecule has 0 heterocycles. The number of rotatable bonds is 6. The van der Waals surface area contributed by atoms with Crippen LogP contribution in [-0.2, 0) is 6.54 Å². The third-order valence-corrected chi connectivity index (χ3v) is 4.30. The van der Waals surface area contributed by atoms with Crippen molar-refractivity contribution >= 4 is 27.5 Å². The Hall–Kier alpha value is -0.870. The van der Waals surface area contributed by atoms with Crippen molar-refractivity contribution in [1.29, 1.82) is 0 Å². The van der Waals surface area contributed by atoms with Gasteiger partial charge in [0.25, 0.3) is 0 Å². The molecule has 2 N–H and O–H groups in total. The molecule has 1 atom stereocenters. The van der Waals surface area contributed by atoms with Gasteiger partial charge in [-0.25, -0.2) is 0 Å². The van der Waals surface area contributed by atoms with Crippen molar-refractivity contribution in [3.63, 3.8) is 0 Å². The lowest BCUT2D eigenvalue weighted by atomic mass is 10.0. The highest BCUT2D eigenvalue weighted by molar-refractivity contribution is 9.10. The van der Waals surface area contributed by atoms with E-state index in [9.17, 15) is 0 Å². The number of hydrogen-bond acceptors (Lipinski definition) is 2. The standard InChI is InChI=1S/C17H20BrClN2/c1-21(12-13-5-3-2-4-6-13)10-9-17(20)15-8-7-14(18)11-16(15)19/h2-8,11,17H,9-10,12,20H2,1H3. The molecule has 0 spiro atoms. The molecule has 2 nitrogen and oxygen atoms in total. The number of hydrogen-bond donors (Lipinski definition) is 1. The van der Waals surface area contributed by atoms with Gasteiger partial charge in [0.1, 0.15) is 0 Å². The van der Waals surface area contributed by atoms with Crippen LogP contribution in [0, 0.1) is 0 Å². The van der Waals surface area contributed by atoms with Gasteiger partial charge >= 0.3 is 0 Å². The summed E-state index contributed by atoms with van der Waals surface area (Å²) in [6.07, 6.45) is 0.880. The van der Waals surface area contributed by atoms with E-state index >= 15 is 0 Å². The van der Waals surface area contributed by atoms with Crippen LogP contribution >= 0.6 is 27.5 Å².